The minimum absolute atomic E-state index is 0.143. The molecule has 0 aliphatic carbocycles. The van der Waals surface area contributed by atoms with Gasteiger partial charge in [-0.15, -0.1) is 0 Å². The molecule has 1 saturated heterocycles. The summed E-state index contributed by atoms with van der Waals surface area (Å²) >= 11 is 0. The number of hydrogen-bond donors (Lipinski definition) is 1. The van der Waals surface area contributed by atoms with Crippen LogP contribution in [0.4, 0.5) is 0 Å². The van der Waals surface area contributed by atoms with E-state index in [-0.39, 0.29) is 18.6 Å². The summed E-state index contributed by atoms with van der Waals surface area (Å²) in [5, 5.41) is 8.44. The quantitative estimate of drug-likeness (QED) is 0.727. The summed E-state index contributed by atoms with van der Waals surface area (Å²) in [4.78, 5) is 26.2. The second-order valence-electron chi connectivity index (χ2n) is 4.96. The van der Waals surface area contributed by atoms with E-state index < -0.39 is 12.6 Å². The Labute approximate surface area is 114 Å². The number of piperidine rings is 1. The number of likely N-dealkylation sites (N-methyl/N-ethyl adjacent to an activating group) is 1. The van der Waals surface area contributed by atoms with Gasteiger partial charge >= 0.3 is 5.97 Å². The summed E-state index contributed by atoms with van der Waals surface area (Å²) in [5.41, 5.74) is 0. The van der Waals surface area contributed by atoms with Crippen LogP contribution in [0, 0.1) is 0 Å². The standard InChI is InChI=1S/C13H24N2O4/c1-3-6-15-7-4-11(5-8-15)14(2)12(16)9-19-10-13(17)18/h11H,3-10H2,1-2H3,(H,17,18). The maximum Gasteiger partial charge on any atom is 0.329 e. The highest BCUT2D eigenvalue weighted by Crippen LogP contribution is 2.15. The van der Waals surface area contributed by atoms with Crippen LogP contribution < -0.4 is 0 Å². The zero-order chi connectivity index (χ0) is 14.3. The van der Waals surface area contributed by atoms with E-state index in [1.165, 1.54) is 0 Å². The zero-order valence-electron chi connectivity index (χ0n) is 11.8. The SMILES string of the molecule is CCCN1CCC(N(C)C(=O)COCC(=O)O)CC1. The number of aliphatic carboxylic acids is 1. The lowest BCUT2D eigenvalue weighted by atomic mass is 10.0. The van der Waals surface area contributed by atoms with E-state index in [1.807, 2.05) is 0 Å². The Bertz CT molecular complexity index is 301. The van der Waals surface area contributed by atoms with Crippen LogP contribution in [-0.4, -0.2) is 72.7 Å². The van der Waals surface area contributed by atoms with Crippen LogP contribution in [0.15, 0.2) is 0 Å². The Balaban J connectivity index is 2.27. The normalized spacial score (nSPS) is 17.4. The van der Waals surface area contributed by atoms with Crippen molar-refractivity contribution >= 4 is 11.9 Å². The van der Waals surface area contributed by atoms with Gasteiger partial charge in [-0.1, -0.05) is 6.92 Å². The first-order valence-electron chi connectivity index (χ1n) is 6.82. The molecule has 0 saturated carbocycles. The first-order chi connectivity index (χ1) is 9.04. The molecule has 0 spiro atoms. The smallest absolute Gasteiger partial charge is 0.329 e. The fraction of sp³-hybridized carbons (Fsp3) is 0.846. The summed E-state index contributed by atoms with van der Waals surface area (Å²) in [6.45, 7) is 4.75. The Kier molecular flexibility index (Phi) is 6.80. The molecule has 6 nitrogen and oxygen atoms in total. The molecule has 1 rings (SSSR count). The number of likely N-dealkylation sites (tertiary alicyclic amines) is 1. The molecule has 1 aliphatic rings. The fourth-order valence-corrected chi connectivity index (χ4v) is 2.38. The molecule has 1 aliphatic heterocycles. The van der Waals surface area contributed by atoms with E-state index in [9.17, 15) is 9.59 Å². The maximum atomic E-state index is 11.8. The molecule has 1 heterocycles. The summed E-state index contributed by atoms with van der Waals surface area (Å²) < 4.78 is 4.83. The molecule has 0 aromatic heterocycles. The summed E-state index contributed by atoms with van der Waals surface area (Å²) in [7, 11) is 1.77. The van der Waals surface area contributed by atoms with Gasteiger partial charge in [0, 0.05) is 26.2 Å². The van der Waals surface area contributed by atoms with E-state index in [2.05, 4.69) is 11.8 Å². The minimum atomic E-state index is -1.05. The van der Waals surface area contributed by atoms with Crippen LogP contribution in [-0.2, 0) is 14.3 Å². The molecule has 0 aromatic carbocycles. The topological polar surface area (TPSA) is 70.1 Å². The zero-order valence-corrected chi connectivity index (χ0v) is 11.8. The van der Waals surface area contributed by atoms with Gasteiger partial charge in [-0.2, -0.15) is 0 Å². The van der Waals surface area contributed by atoms with Crippen molar-refractivity contribution < 1.29 is 19.4 Å². The number of carboxylic acids is 1. The number of nitrogens with zero attached hydrogens (tertiary/aromatic N) is 2. The molecule has 0 bridgehead atoms. The number of carbonyl (C=O) groups is 2. The van der Waals surface area contributed by atoms with Crippen molar-refractivity contribution in [3.05, 3.63) is 0 Å². The van der Waals surface area contributed by atoms with Gasteiger partial charge in [0.1, 0.15) is 13.2 Å². The average molecular weight is 272 g/mol. The first kappa shape index (κ1) is 15.9. The Morgan fingerprint density at radius 2 is 1.95 bits per heavy atom. The number of rotatable bonds is 7. The van der Waals surface area contributed by atoms with Gasteiger partial charge in [-0.05, 0) is 25.8 Å². The third-order valence-electron chi connectivity index (χ3n) is 3.49. The summed E-state index contributed by atoms with van der Waals surface area (Å²) in [6, 6.07) is 0.244. The molecule has 0 radical (unpaired) electrons. The van der Waals surface area contributed by atoms with E-state index in [4.69, 9.17) is 9.84 Å². The van der Waals surface area contributed by atoms with Crippen LogP contribution in [0.1, 0.15) is 26.2 Å². The number of carboxylic acid groups (broad SMARTS) is 1. The van der Waals surface area contributed by atoms with Crippen LogP contribution in [0.5, 0.6) is 0 Å². The highest BCUT2D eigenvalue weighted by Gasteiger charge is 2.24. The van der Waals surface area contributed by atoms with Gasteiger partial charge in [0.2, 0.25) is 5.91 Å². The molecule has 1 amide bonds. The van der Waals surface area contributed by atoms with Crippen molar-refractivity contribution in [2.24, 2.45) is 0 Å². The first-order valence-corrected chi connectivity index (χ1v) is 6.82. The van der Waals surface area contributed by atoms with Crippen molar-refractivity contribution in [1.29, 1.82) is 0 Å². The van der Waals surface area contributed by atoms with Crippen LogP contribution in [0.3, 0.4) is 0 Å². The van der Waals surface area contributed by atoms with Crippen LogP contribution >= 0.6 is 0 Å². The van der Waals surface area contributed by atoms with Gasteiger partial charge in [0.25, 0.3) is 0 Å². The molecule has 1 fully saturated rings. The molecule has 19 heavy (non-hydrogen) atoms. The maximum absolute atomic E-state index is 11.8. The highest BCUT2D eigenvalue weighted by atomic mass is 16.5. The van der Waals surface area contributed by atoms with Gasteiger partial charge in [-0.25, -0.2) is 4.79 Å². The number of hydrogen-bond acceptors (Lipinski definition) is 4. The molecular weight excluding hydrogens is 248 g/mol. The number of ether oxygens (including phenoxy) is 1. The van der Waals surface area contributed by atoms with E-state index in [0.29, 0.717) is 0 Å². The molecule has 1 N–H and O–H groups in total. The molecular formula is C13H24N2O4. The molecule has 6 heteroatoms. The third kappa shape index (κ3) is 5.57. The van der Waals surface area contributed by atoms with Gasteiger partial charge in [0.15, 0.2) is 0 Å². The lowest BCUT2D eigenvalue weighted by Gasteiger charge is -2.36. The lowest BCUT2D eigenvalue weighted by Crippen LogP contribution is -2.46. The predicted octanol–water partition coefficient (Wildman–Crippen LogP) is 0.420. The third-order valence-corrected chi connectivity index (χ3v) is 3.49. The van der Waals surface area contributed by atoms with E-state index in [0.717, 1.165) is 38.9 Å². The van der Waals surface area contributed by atoms with Crippen molar-refractivity contribution in [2.45, 2.75) is 32.2 Å². The van der Waals surface area contributed by atoms with Gasteiger partial charge in [0.05, 0.1) is 0 Å². The average Bonchev–Trinajstić information content (AvgIpc) is 2.38. The Hall–Kier alpha value is -1.14. The Morgan fingerprint density at radius 1 is 1.32 bits per heavy atom. The second kappa shape index (κ2) is 8.12. The van der Waals surface area contributed by atoms with Crippen molar-refractivity contribution in [2.75, 3.05) is 39.9 Å². The molecule has 110 valence electrons. The number of carbonyl (C=O) groups excluding carboxylic acids is 1. The second-order valence-corrected chi connectivity index (χ2v) is 4.96. The highest BCUT2D eigenvalue weighted by molar-refractivity contribution is 5.78. The van der Waals surface area contributed by atoms with Crippen molar-refractivity contribution in [1.82, 2.24) is 9.80 Å². The number of amides is 1. The predicted molar refractivity (Wildman–Crippen MR) is 71.0 cm³/mol. The van der Waals surface area contributed by atoms with E-state index >= 15 is 0 Å². The van der Waals surface area contributed by atoms with Gasteiger partial charge in [-0.3, -0.25) is 4.79 Å². The van der Waals surface area contributed by atoms with Crippen LogP contribution in [0.2, 0.25) is 0 Å². The van der Waals surface area contributed by atoms with Gasteiger partial charge < -0.3 is 19.6 Å². The largest absolute Gasteiger partial charge is 0.480 e. The summed E-state index contributed by atoms with van der Waals surface area (Å²) in [5.74, 6) is -1.20. The molecule has 0 atom stereocenters. The lowest BCUT2D eigenvalue weighted by molar-refractivity contribution is -0.146. The molecule has 0 aromatic rings. The van der Waals surface area contributed by atoms with E-state index in [1.54, 1.807) is 11.9 Å². The van der Waals surface area contributed by atoms with Crippen molar-refractivity contribution in [3.8, 4) is 0 Å². The summed E-state index contributed by atoms with van der Waals surface area (Å²) in [6.07, 6.45) is 3.10. The van der Waals surface area contributed by atoms with Crippen LogP contribution in [0.25, 0.3) is 0 Å². The van der Waals surface area contributed by atoms with Crippen molar-refractivity contribution in [3.63, 3.8) is 0 Å². The molecule has 0 unspecified atom stereocenters. The monoisotopic (exact) mass is 272 g/mol. The minimum Gasteiger partial charge on any atom is -0.480 e. The Morgan fingerprint density at radius 3 is 2.47 bits per heavy atom. The fourth-order valence-electron chi connectivity index (χ4n) is 2.38.